The van der Waals surface area contributed by atoms with E-state index in [9.17, 15) is 0 Å². The molecule has 1 radical (unpaired) electrons. The van der Waals surface area contributed by atoms with Gasteiger partial charge in [-0.05, 0) is 25.7 Å². The van der Waals surface area contributed by atoms with Gasteiger partial charge < -0.3 is 0 Å². The van der Waals surface area contributed by atoms with Crippen molar-refractivity contribution in [1.82, 2.24) is 5.32 Å². The topological polar surface area (TPSA) is 14.1 Å². The van der Waals surface area contributed by atoms with E-state index in [1.54, 1.807) is 0 Å². The maximum atomic E-state index is 4.34. The normalized spacial score (nSPS) is 11.4. The Morgan fingerprint density at radius 3 is 2.00 bits per heavy atom. The summed E-state index contributed by atoms with van der Waals surface area (Å²) in [6.45, 7) is 6.39. The Labute approximate surface area is 103 Å². The number of allylic oxidation sites excluding steroid dienone is 2. The monoisotopic (exact) mass is 224 g/mol. The third-order valence-corrected chi connectivity index (χ3v) is 2.81. The molecule has 0 saturated carbocycles. The molecule has 0 unspecified atom stereocenters. The van der Waals surface area contributed by atoms with Gasteiger partial charge in [0.2, 0.25) is 0 Å². The van der Waals surface area contributed by atoms with Crippen molar-refractivity contribution in [3.8, 4) is 0 Å². The summed E-state index contributed by atoms with van der Waals surface area (Å²) in [5.74, 6) is 0. The lowest BCUT2D eigenvalue weighted by Gasteiger charge is -2.01. The van der Waals surface area contributed by atoms with Crippen LogP contribution in [0.5, 0.6) is 0 Å². The van der Waals surface area contributed by atoms with Crippen LogP contribution in [0.25, 0.3) is 0 Å². The predicted molar refractivity (Wildman–Crippen MR) is 73.9 cm³/mol. The summed E-state index contributed by atoms with van der Waals surface area (Å²) >= 11 is 0. The smallest absolute Gasteiger partial charge is 0.0133 e. The van der Waals surface area contributed by atoms with Crippen molar-refractivity contribution in [1.29, 1.82) is 0 Å². The van der Waals surface area contributed by atoms with Crippen LogP contribution in [0, 0.1) is 0 Å². The van der Waals surface area contributed by atoms with Gasteiger partial charge in [-0.3, -0.25) is 0 Å². The lowest BCUT2D eigenvalue weighted by molar-refractivity contribution is 0.560. The van der Waals surface area contributed by atoms with E-state index in [-0.39, 0.29) is 0 Å². The predicted octanol–water partition coefficient (Wildman–Crippen LogP) is 4.70. The SMILES string of the molecule is CC/C=C/CCCCCCCCC[N]CC. The van der Waals surface area contributed by atoms with E-state index in [4.69, 9.17) is 0 Å². The van der Waals surface area contributed by atoms with E-state index in [2.05, 4.69) is 31.3 Å². The van der Waals surface area contributed by atoms with Crippen molar-refractivity contribution >= 4 is 0 Å². The molecule has 1 nitrogen and oxygen atoms in total. The van der Waals surface area contributed by atoms with Crippen LogP contribution in [0.15, 0.2) is 12.2 Å². The van der Waals surface area contributed by atoms with Gasteiger partial charge in [0, 0.05) is 13.1 Å². The average Bonchev–Trinajstić information content (AvgIpc) is 2.31. The molecule has 0 aliphatic heterocycles. The largest absolute Gasteiger partial charge is 0.242 e. The van der Waals surface area contributed by atoms with Crippen molar-refractivity contribution < 1.29 is 0 Å². The summed E-state index contributed by atoms with van der Waals surface area (Å²) in [7, 11) is 0. The molecule has 0 fully saturated rings. The van der Waals surface area contributed by atoms with Gasteiger partial charge in [-0.2, -0.15) is 0 Å². The van der Waals surface area contributed by atoms with Crippen LogP contribution in [0.3, 0.4) is 0 Å². The van der Waals surface area contributed by atoms with E-state index >= 15 is 0 Å². The molecular formula is C15H30N. The highest BCUT2D eigenvalue weighted by Gasteiger charge is 1.91. The quantitative estimate of drug-likeness (QED) is 0.337. The van der Waals surface area contributed by atoms with E-state index in [1.165, 1.54) is 57.8 Å². The summed E-state index contributed by atoms with van der Waals surface area (Å²) in [5.41, 5.74) is 0. The number of hydrogen-bond acceptors (Lipinski definition) is 0. The molecule has 0 aliphatic rings. The maximum Gasteiger partial charge on any atom is 0.0133 e. The zero-order chi connectivity index (χ0) is 11.9. The number of unbranched alkanes of at least 4 members (excludes halogenated alkanes) is 7. The van der Waals surface area contributed by atoms with E-state index < -0.39 is 0 Å². The van der Waals surface area contributed by atoms with Crippen molar-refractivity contribution in [3.05, 3.63) is 12.2 Å². The molecule has 0 aromatic carbocycles. The lowest BCUT2D eigenvalue weighted by Crippen LogP contribution is -2.04. The van der Waals surface area contributed by atoms with Gasteiger partial charge in [0.15, 0.2) is 0 Å². The zero-order valence-corrected chi connectivity index (χ0v) is 11.4. The van der Waals surface area contributed by atoms with Crippen molar-refractivity contribution in [2.24, 2.45) is 0 Å². The Morgan fingerprint density at radius 2 is 1.38 bits per heavy atom. The molecule has 0 heterocycles. The number of hydrogen-bond donors (Lipinski definition) is 0. The summed E-state index contributed by atoms with van der Waals surface area (Å²) in [6.07, 6.45) is 16.8. The van der Waals surface area contributed by atoms with Gasteiger partial charge in [-0.15, -0.1) is 0 Å². The minimum absolute atomic E-state index is 0.991. The van der Waals surface area contributed by atoms with Crippen molar-refractivity contribution in [2.45, 2.75) is 71.6 Å². The molecule has 0 amide bonds. The van der Waals surface area contributed by atoms with Crippen LogP contribution >= 0.6 is 0 Å². The standard InChI is InChI=1S/C15H30N/c1-3-5-6-7-8-9-10-11-12-13-14-15-16-4-2/h5-6H,3-4,7-15H2,1-2H3/b6-5+. The first kappa shape index (κ1) is 15.7. The Kier molecular flexibility index (Phi) is 14.4. The van der Waals surface area contributed by atoms with Gasteiger partial charge in [0.1, 0.15) is 0 Å². The molecule has 0 rings (SSSR count). The van der Waals surface area contributed by atoms with Crippen LogP contribution in [0.2, 0.25) is 0 Å². The summed E-state index contributed by atoms with van der Waals surface area (Å²) in [6, 6.07) is 0. The van der Waals surface area contributed by atoms with E-state index in [0.29, 0.717) is 0 Å². The minimum Gasteiger partial charge on any atom is -0.242 e. The second kappa shape index (κ2) is 14.7. The maximum absolute atomic E-state index is 4.34. The summed E-state index contributed by atoms with van der Waals surface area (Å²) < 4.78 is 0. The van der Waals surface area contributed by atoms with Crippen LogP contribution < -0.4 is 5.32 Å². The first-order valence-electron chi connectivity index (χ1n) is 7.20. The molecule has 0 aliphatic carbocycles. The van der Waals surface area contributed by atoms with E-state index in [1.807, 2.05) is 0 Å². The molecule has 16 heavy (non-hydrogen) atoms. The summed E-state index contributed by atoms with van der Waals surface area (Å²) in [5, 5.41) is 4.34. The van der Waals surface area contributed by atoms with Gasteiger partial charge in [-0.25, -0.2) is 5.32 Å². The van der Waals surface area contributed by atoms with Crippen molar-refractivity contribution in [3.63, 3.8) is 0 Å². The molecule has 0 saturated heterocycles. The average molecular weight is 224 g/mol. The molecule has 0 aromatic rings. The molecule has 0 N–H and O–H groups in total. The van der Waals surface area contributed by atoms with E-state index in [0.717, 1.165) is 13.1 Å². The first-order chi connectivity index (χ1) is 7.91. The first-order valence-corrected chi connectivity index (χ1v) is 7.20. The Morgan fingerprint density at radius 1 is 0.750 bits per heavy atom. The number of rotatable bonds is 12. The molecule has 1 heteroatoms. The minimum atomic E-state index is 0.991. The zero-order valence-electron chi connectivity index (χ0n) is 11.4. The third kappa shape index (κ3) is 13.7. The molecular weight excluding hydrogens is 194 g/mol. The fourth-order valence-electron chi connectivity index (χ4n) is 1.81. The fraction of sp³-hybridized carbons (Fsp3) is 0.867. The van der Waals surface area contributed by atoms with Crippen LogP contribution in [-0.4, -0.2) is 13.1 Å². The summed E-state index contributed by atoms with van der Waals surface area (Å²) in [4.78, 5) is 0. The Bertz CT molecular complexity index is 140. The molecule has 0 aromatic heterocycles. The Balaban J connectivity index is 2.90. The second-order valence-corrected chi connectivity index (χ2v) is 4.41. The highest BCUT2D eigenvalue weighted by Crippen LogP contribution is 2.08. The highest BCUT2D eigenvalue weighted by molar-refractivity contribution is 4.79. The van der Waals surface area contributed by atoms with Gasteiger partial charge >= 0.3 is 0 Å². The Hall–Kier alpha value is -0.300. The molecule has 0 spiro atoms. The van der Waals surface area contributed by atoms with Gasteiger partial charge in [-0.1, -0.05) is 58.1 Å². The van der Waals surface area contributed by atoms with Crippen molar-refractivity contribution in [2.75, 3.05) is 13.1 Å². The van der Waals surface area contributed by atoms with Gasteiger partial charge in [0.25, 0.3) is 0 Å². The number of nitrogens with zero attached hydrogens (tertiary/aromatic N) is 1. The lowest BCUT2D eigenvalue weighted by atomic mass is 10.1. The van der Waals surface area contributed by atoms with Gasteiger partial charge in [0.05, 0.1) is 0 Å². The molecule has 0 atom stereocenters. The molecule has 95 valence electrons. The molecule has 0 bridgehead atoms. The van der Waals surface area contributed by atoms with Crippen LogP contribution in [0.1, 0.15) is 71.6 Å². The van der Waals surface area contributed by atoms with Crippen LogP contribution in [0.4, 0.5) is 0 Å². The third-order valence-electron chi connectivity index (χ3n) is 2.81. The highest BCUT2D eigenvalue weighted by atomic mass is 14.8. The second-order valence-electron chi connectivity index (χ2n) is 4.41. The van der Waals surface area contributed by atoms with Crippen LogP contribution in [-0.2, 0) is 0 Å². The fourth-order valence-corrected chi connectivity index (χ4v) is 1.81.